The normalized spacial score (nSPS) is 13.2. The van der Waals surface area contributed by atoms with Crippen LogP contribution in [0.25, 0.3) is 5.57 Å². The van der Waals surface area contributed by atoms with E-state index in [1.54, 1.807) is 14.2 Å². The van der Waals surface area contributed by atoms with Gasteiger partial charge in [-0.1, -0.05) is 44.7 Å². The fourth-order valence-corrected chi connectivity index (χ4v) is 3.40. The number of rotatable bonds is 8. The first-order chi connectivity index (χ1) is 11.6. The molecule has 0 unspecified atom stereocenters. The average molecular weight is 324 g/mol. The number of allylic oxidation sites excluding steroid dienone is 1. The minimum Gasteiger partial charge on any atom is -0.497 e. The lowest BCUT2D eigenvalue weighted by Gasteiger charge is -2.28. The SMILES string of the molecule is C=C(c1ccc(OC)cc1)[C@H](CC)[C@H](CC)c1ccc(OC)cc1. The first kappa shape index (κ1) is 18.1. The maximum atomic E-state index is 5.28. The van der Waals surface area contributed by atoms with Crippen molar-refractivity contribution in [3.05, 3.63) is 66.2 Å². The predicted octanol–water partition coefficient (Wildman–Crippen LogP) is 5.94. The predicted molar refractivity (Wildman–Crippen MR) is 102 cm³/mol. The second-order valence-electron chi connectivity index (χ2n) is 6.06. The maximum absolute atomic E-state index is 5.28. The summed E-state index contributed by atoms with van der Waals surface area (Å²) in [5.41, 5.74) is 3.73. The molecule has 0 saturated carbocycles. The largest absolute Gasteiger partial charge is 0.497 e. The molecule has 0 bridgehead atoms. The molecule has 2 rings (SSSR count). The Morgan fingerprint density at radius 2 is 1.33 bits per heavy atom. The standard InChI is InChI=1S/C22H28O2/c1-6-21(16(3)17-8-12-19(23-4)13-9-17)22(7-2)18-10-14-20(24-5)15-11-18/h8-15,21-22H,3,6-7H2,1-2,4-5H3/t21-,22+/m0/s1. The molecule has 2 aromatic carbocycles. The molecule has 0 radical (unpaired) electrons. The van der Waals surface area contributed by atoms with Gasteiger partial charge in [0.25, 0.3) is 0 Å². The third-order valence-corrected chi connectivity index (χ3v) is 4.82. The summed E-state index contributed by atoms with van der Waals surface area (Å²) >= 11 is 0. The van der Waals surface area contributed by atoms with Gasteiger partial charge in [0, 0.05) is 0 Å². The summed E-state index contributed by atoms with van der Waals surface area (Å²) in [6.07, 6.45) is 2.15. The molecule has 0 heterocycles. The van der Waals surface area contributed by atoms with Crippen molar-refractivity contribution in [1.29, 1.82) is 0 Å². The number of ether oxygens (including phenoxy) is 2. The van der Waals surface area contributed by atoms with Crippen LogP contribution in [0.15, 0.2) is 55.1 Å². The fourth-order valence-electron chi connectivity index (χ4n) is 3.40. The van der Waals surface area contributed by atoms with Gasteiger partial charge in [0.2, 0.25) is 0 Å². The Labute approximate surface area is 146 Å². The summed E-state index contributed by atoms with van der Waals surface area (Å²) in [6, 6.07) is 16.6. The van der Waals surface area contributed by atoms with Gasteiger partial charge in [-0.05, 0) is 65.6 Å². The quantitative estimate of drug-likeness (QED) is 0.598. The van der Waals surface area contributed by atoms with E-state index in [1.807, 2.05) is 24.3 Å². The van der Waals surface area contributed by atoms with E-state index in [9.17, 15) is 0 Å². The summed E-state index contributed by atoms with van der Waals surface area (Å²) < 4.78 is 10.5. The van der Waals surface area contributed by atoms with Gasteiger partial charge in [0.15, 0.2) is 0 Å². The lowest BCUT2D eigenvalue weighted by molar-refractivity contribution is 0.414. The van der Waals surface area contributed by atoms with Gasteiger partial charge < -0.3 is 9.47 Å². The zero-order valence-electron chi connectivity index (χ0n) is 15.2. The second-order valence-corrected chi connectivity index (χ2v) is 6.06. The lowest BCUT2D eigenvalue weighted by atomic mass is 9.76. The molecule has 0 fully saturated rings. The monoisotopic (exact) mass is 324 g/mol. The number of hydrogen-bond acceptors (Lipinski definition) is 2. The highest BCUT2D eigenvalue weighted by molar-refractivity contribution is 5.66. The van der Waals surface area contributed by atoms with E-state index in [1.165, 1.54) is 16.7 Å². The highest BCUT2D eigenvalue weighted by atomic mass is 16.5. The van der Waals surface area contributed by atoms with Crippen LogP contribution < -0.4 is 9.47 Å². The molecule has 0 aliphatic heterocycles. The van der Waals surface area contributed by atoms with Crippen molar-refractivity contribution in [2.45, 2.75) is 32.6 Å². The summed E-state index contributed by atoms with van der Waals surface area (Å²) in [4.78, 5) is 0. The van der Waals surface area contributed by atoms with Crippen molar-refractivity contribution in [2.24, 2.45) is 5.92 Å². The minimum absolute atomic E-state index is 0.414. The molecule has 24 heavy (non-hydrogen) atoms. The Morgan fingerprint density at radius 1 is 0.833 bits per heavy atom. The zero-order chi connectivity index (χ0) is 17.5. The summed E-state index contributed by atoms with van der Waals surface area (Å²) in [6.45, 7) is 8.90. The van der Waals surface area contributed by atoms with Crippen LogP contribution in [0, 0.1) is 5.92 Å². The maximum Gasteiger partial charge on any atom is 0.118 e. The van der Waals surface area contributed by atoms with Crippen molar-refractivity contribution in [1.82, 2.24) is 0 Å². The molecule has 2 heteroatoms. The van der Waals surface area contributed by atoms with Crippen LogP contribution in [0.1, 0.15) is 43.7 Å². The Balaban J connectivity index is 2.26. The Morgan fingerprint density at radius 3 is 1.75 bits per heavy atom. The smallest absolute Gasteiger partial charge is 0.118 e. The van der Waals surface area contributed by atoms with Gasteiger partial charge in [-0.25, -0.2) is 0 Å². The topological polar surface area (TPSA) is 18.5 Å². The zero-order valence-corrected chi connectivity index (χ0v) is 15.2. The van der Waals surface area contributed by atoms with E-state index in [-0.39, 0.29) is 0 Å². The van der Waals surface area contributed by atoms with Crippen molar-refractivity contribution >= 4 is 5.57 Å². The second kappa shape index (κ2) is 8.58. The van der Waals surface area contributed by atoms with E-state index in [0.29, 0.717) is 11.8 Å². The lowest BCUT2D eigenvalue weighted by Crippen LogP contribution is -2.13. The molecular weight excluding hydrogens is 296 g/mol. The minimum atomic E-state index is 0.414. The summed E-state index contributed by atoms with van der Waals surface area (Å²) in [5.74, 6) is 2.64. The van der Waals surface area contributed by atoms with Gasteiger partial charge in [0.1, 0.15) is 11.5 Å². The Kier molecular flexibility index (Phi) is 6.48. The fraction of sp³-hybridized carbons (Fsp3) is 0.364. The van der Waals surface area contributed by atoms with Crippen molar-refractivity contribution < 1.29 is 9.47 Å². The molecule has 128 valence electrons. The molecule has 0 aliphatic rings. The van der Waals surface area contributed by atoms with Gasteiger partial charge >= 0.3 is 0 Å². The van der Waals surface area contributed by atoms with Crippen LogP contribution in [-0.2, 0) is 0 Å². The molecule has 0 aromatic heterocycles. The van der Waals surface area contributed by atoms with Crippen LogP contribution in [0.5, 0.6) is 11.5 Å². The molecule has 2 aromatic rings. The van der Waals surface area contributed by atoms with Crippen LogP contribution in [0.3, 0.4) is 0 Å². The number of methoxy groups -OCH3 is 2. The number of benzene rings is 2. The first-order valence-corrected chi connectivity index (χ1v) is 8.61. The highest BCUT2D eigenvalue weighted by Gasteiger charge is 2.23. The highest BCUT2D eigenvalue weighted by Crippen LogP contribution is 2.39. The summed E-state index contributed by atoms with van der Waals surface area (Å²) in [7, 11) is 3.39. The molecule has 2 atom stereocenters. The van der Waals surface area contributed by atoms with E-state index >= 15 is 0 Å². The molecule has 0 N–H and O–H groups in total. The van der Waals surface area contributed by atoms with Crippen LogP contribution in [-0.4, -0.2) is 14.2 Å². The molecular formula is C22H28O2. The Bertz CT molecular complexity index is 641. The van der Waals surface area contributed by atoms with Gasteiger partial charge in [-0.3, -0.25) is 0 Å². The van der Waals surface area contributed by atoms with Crippen LogP contribution in [0.2, 0.25) is 0 Å². The Hall–Kier alpha value is -2.22. The van der Waals surface area contributed by atoms with E-state index in [0.717, 1.165) is 24.3 Å². The van der Waals surface area contributed by atoms with E-state index < -0.39 is 0 Å². The van der Waals surface area contributed by atoms with Crippen molar-refractivity contribution in [3.63, 3.8) is 0 Å². The van der Waals surface area contributed by atoms with Gasteiger partial charge in [0.05, 0.1) is 14.2 Å². The van der Waals surface area contributed by atoms with Crippen LogP contribution in [0.4, 0.5) is 0 Å². The number of hydrogen-bond donors (Lipinski definition) is 0. The third-order valence-electron chi connectivity index (χ3n) is 4.82. The molecule has 0 amide bonds. The molecule has 2 nitrogen and oxygen atoms in total. The first-order valence-electron chi connectivity index (χ1n) is 8.61. The average Bonchev–Trinajstić information content (AvgIpc) is 2.65. The van der Waals surface area contributed by atoms with Gasteiger partial charge in [-0.15, -0.1) is 0 Å². The summed E-state index contributed by atoms with van der Waals surface area (Å²) in [5, 5.41) is 0. The van der Waals surface area contributed by atoms with Gasteiger partial charge in [-0.2, -0.15) is 0 Å². The molecule has 0 aliphatic carbocycles. The van der Waals surface area contributed by atoms with Crippen molar-refractivity contribution in [2.75, 3.05) is 14.2 Å². The van der Waals surface area contributed by atoms with Crippen LogP contribution >= 0.6 is 0 Å². The molecule has 0 saturated heterocycles. The molecule has 0 spiro atoms. The van der Waals surface area contributed by atoms with E-state index in [2.05, 4.69) is 44.7 Å². The van der Waals surface area contributed by atoms with E-state index in [4.69, 9.17) is 9.47 Å². The third kappa shape index (κ3) is 4.00. The van der Waals surface area contributed by atoms with Crippen molar-refractivity contribution in [3.8, 4) is 11.5 Å².